The normalized spacial score (nSPS) is 12.8. The van der Waals surface area contributed by atoms with Crippen LogP contribution in [0.15, 0.2) is 30.3 Å². The lowest BCUT2D eigenvalue weighted by molar-refractivity contribution is 0.103. The Bertz CT molecular complexity index is 962. The summed E-state index contributed by atoms with van der Waals surface area (Å²) in [6, 6.07) is 8.79. The summed E-state index contributed by atoms with van der Waals surface area (Å²) in [6.07, 6.45) is 1.27. The fourth-order valence-electron chi connectivity index (χ4n) is 3.83. The smallest absolute Gasteiger partial charge is 0.236 e. The summed E-state index contributed by atoms with van der Waals surface area (Å²) in [5, 5.41) is 0. The fraction of sp³-hybridized carbons (Fsp3) is 0.440. The van der Waals surface area contributed by atoms with Crippen molar-refractivity contribution in [3.05, 3.63) is 58.1 Å². The van der Waals surface area contributed by atoms with Crippen molar-refractivity contribution >= 4 is 18.2 Å². The predicted molar refractivity (Wildman–Crippen MR) is 125 cm³/mol. The number of unbranched alkanes of at least 4 members (excludes halogenated alkanes) is 1. The Morgan fingerprint density at radius 2 is 1.32 bits per heavy atom. The van der Waals surface area contributed by atoms with E-state index in [9.17, 15) is 14.2 Å². The first-order chi connectivity index (χ1) is 14.7. The van der Waals surface area contributed by atoms with Crippen molar-refractivity contribution in [3.63, 3.8) is 0 Å². The molecule has 0 aliphatic rings. The molecule has 2 aromatic rings. The maximum Gasteiger partial charge on any atom is 0.236 e. The molecule has 0 spiro atoms. The number of aryl methyl sites for hydroxylation is 3. The quantitative estimate of drug-likeness (QED) is 0.367. The van der Waals surface area contributed by atoms with Crippen molar-refractivity contribution in [2.75, 3.05) is 19.4 Å². The lowest BCUT2D eigenvalue weighted by Crippen LogP contribution is -2.17. The molecule has 0 saturated heterocycles. The van der Waals surface area contributed by atoms with Crippen LogP contribution in [0, 0.1) is 20.8 Å². The Morgan fingerprint density at radius 3 is 1.77 bits per heavy atom. The van der Waals surface area contributed by atoms with Gasteiger partial charge in [0.15, 0.2) is 0 Å². The second-order valence-electron chi connectivity index (χ2n) is 7.70. The lowest BCUT2D eigenvalue weighted by atomic mass is 10.0. The van der Waals surface area contributed by atoms with E-state index in [1.165, 1.54) is 0 Å². The number of carbonyl (C=O) groups is 2. The Balaban J connectivity index is 2.71. The van der Waals surface area contributed by atoms with Gasteiger partial charge in [0.2, 0.25) is 18.2 Å². The van der Waals surface area contributed by atoms with E-state index in [2.05, 4.69) is 0 Å². The summed E-state index contributed by atoms with van der Waals surface area (Å²) in [7, 11) is -3.97. The van der Waals surface area contributed by atoms with Gasteiger partial charge in [-0.3, -0.25) is 9.59 Å². The molecule has 0 aliphatic heterocycles. The highest BCUT2D eigenvalue weighted by Gasteiger charge is 2.43. The Kier molecular flexibility index (Phi) is 8.64. The lowest BCUT2D eigenvalue weighted by Gasteiger charge is -2.21. The average molecular weight is 445 g/mol. The van der Waals surface area contributed by atoms with E-state index in [1.807, 2.05) is 53.7 Å². The number of hydrogen-bond acceptors (Lipinski definition) is 5. The zero-order valence-corrected chi connectivity index (χ0v) is 20.3. The van der Waals surface area contributed by atoms with Crippen molar-refractivity contribution < 1.29 is 23.6 Å². The van der Waals surface area contributed by atoms with Crippen molar-refractivity contribution in [3.8, 4) is 11.5 Å². The van der Waals surface area contributed by atoms with Crippen LogP contribution in [0.2, 0.25) is 0 Å². The van der Waals surface area contributed by atoms with E-state index in [-0.39, 0.29) is 11.7 Å². The molecule has 5 nitrogen and oxygen atoms in total. The molecule has 1 atom stereocenters. The molecule has 2 rings (SSSR count). The summed E-state index contributed by atoms with van der Waals surface area (Å²) in [4.78, 5) is 27.5. The monoisotopic (exact) mass is 444 g/mol. The van der Waals surface area contributed by atoms with Gasteiger partial charge in [0.25, 0.3) is 0 Å². The van der Waals surface area contributed by atoms with Gasteiger partial charge in [-0.05, 0) is 64.3 Å². The molecule has 2 aromatic carbocycles. The highest BCUT2D eigenvalue weighted by molar-refractivity contribution is 7.95. The molecule has 6 heteroatoms. The molecule has 0 bridgehead atoms. The van der Waals surface area contributed by atoms with E-state index >= 15 is 0 Å². The van der Waals surface area contributed by atoms with Gasteiger partial charge in [-0.2, -0.15) is 0 Å². The van der Waals surface area contributed by atoms with Crippen LogP contribution in [0.1, 0.15) is 71.0 Å². The predicted octanol–water partition coefficient (Wildman–Crippen LogP) is 6.55. The molecule has 0 aliphatic carbocycles. The summed E-state index contributed by atoms with van der Waals surface area (Å²) in [6.45, 7) is 11.8. The average Bonchev–Trinajstić information content (AvgIpc) is 2.71. The molecular weight excluding hydrogens is 411 g/mol. The standard InChI is InChI=1S/C25H33O5P/c1-7-10-14-31(28,24(26)22-18(5)15-17(4)16-19(22)6)25(27)23-20(29-8-2)12-11-13-21(23)30-9-3/h11-13,15-16H,7-10,14H2,1-6H3. The summed E-state index contributed by atoms with van der Waals surface area (Å²) in [5.41, 5.74) is 1.70. The van der Waals surface area contributed by atoms with Gasteiger partial charge in [0, 0.05) is 11.7 Å². The molecule has 0 saturated carbocycles. The third-order valence-corrected chi connectivity index (χ3v) is 7.88. The van der Waals surface area contributed by atoms with Gasteiger partial charge in [-0.1, -0.05) is 37.1 Å². The van der Waals surface area contributed by atoms with Crippen molar-refractivity contribution in [2.45, 2.75) is 54.4 Å². The zero-order valence-electron chi connectivity index (χ0n) is 19.4. The summed E-state index contributed by atoms with van der Waals surface area (Å²) in [5.74, 6) is 0.584. The molecular formula is C25H33O5P. The second kappa shape index (κ2) is 10.8. The van der Waals surface area contributed by atoms with Crippen LogP contribution in [0.5, 0.6) is 11.5 Å². The topological polar surface area (TPSA) is 69.7 Å². The number of ether oxygens (including phenoxy) is 2. The van der Waals surface area contributed by atoms with Gasteiger partial charge in [0.05, 0.1) is 13.2 Å². The van der Waals surface area contributed by atoms with E-state index in [1.54, 1.807) is 18.2 Å². The van der Waals surface area contributed by atoms with Crippen LogP contribution in [-0.2, 0) is 4.57 Å². The Hall–Kier alpha value is -2.39. The Labute approximate surface area is 185 Å². The van der Waals surface area contributed by atoms with Crippen molar-refractivity contribution in [1.29, 1.82) is 0 Å². The van der Waals surface area contributed by atoms with Crippen LogP contribution in [0.25, 0.3) is 0 Å². The summed E-state index contributed by atoms with van der Waals surface area (Å²) < 4.78 is 25.6. The van der Waals surface area contributed by atoms with E-state index < -0.39 is 18.2 Å². The van der Waals surface area contributed by atoms with Crippen LogP contribution in [0.3, 0.4) is 0 Å². The van der Waals surface area contributed by atoms with Crippen molar-refractivity contribution in [1.82, 2.24) is 0 Å². The number of hydrogen-bond donors (Lipinski definition) is 0. The molecule has 0 aromatic heterocycles. The zero-order chi connectivity index (χ0) is 23.2. The highest BCUT2D eigenvalue weighted by atomic mass is 31.2. The largest absolute Gasteiger partial charge is 0.493 e. The minimum atomic E-state index is -3.97. The van der Waals surface area contributed by atoms with Gasteiger partial charge >= 0.3 is 0 Å². The molecule has 0 radical (unpaired) electrons. The van der Waals surface area contributed by atoms with Crippen LogP contribution < -0.4 is 9.47 Å². The fourth-order valence-corrected chi connectivity index (χ4v) is 6.48. The van der Waals surface area contributed by atoms with Crippen LogP contribution >= 0.6 is 7.14 Å². The first kappa shape index (κ1) is 24.9. The number of carbonyl (C=O) groups excluding carboxylic acids is 2. The SMILES string of the molecule is CCCCP(=O)(C(=O)c1c(C)cc(C)cc1C)C(=O)c1c(OCC)cccc1OCC. The van der Waals surface area contributed by atoms with Gasteiger partial charge in [-0.25, -0.2) is 0 Å². The minimum absolute atomic E-state index is 0.0277. The minimum Gasteiger partial charge on any atom is -0.493 e. The molecule has 0 heterocycles. The number of rotatable bonds is 11. The molecule has 0 fully saturated rings. The maximum absolute atomic E-state index is 14.3. The van der Waals surface area contributed by atoms with E-state index in [4.69, 9.17) is 9.47 Å². The molecule has 0 N–H and O–H groups in total. The third-order valence-electron chi connectivity index (χ3n) is 5.18. The van der Waals surface area contributed by atoms with Gasteiger partial charge < -0.3 is 14.0 Å². The molecule has 0 amide bonds. The molecule has 168 valence electrons. The highest BCUT2D eigenvalue weighted by Crippen LogP contribution is 2.55. The summed E-state index contributed by atoms with van der Waals surface area (Å²) >= 11 is 0. The third kappa shape index (κ3) is 5.27. The van der Waals surface area contributed by atoms with Gasteiger partial charge in [-0.15, -0.1) is 0 Å². The maximum atomic E-state index is 14.3. The Morgan fingerprint density at radius 1 is 0.839 bits per heavy atom. The van der Waals surface area contributed by atoms with E-state index in [0.29, 0.717) is 36.7 Å². The molecule has 1 unspecified atom stereocenters. The van der Waals surface area contributed by atoms with Crippen LogP contribution in [-0.4, -0.2) is 30.4 Å². The van der Waals surface area contributed by atoms with Crippen LogP contribution in [0.4, 0.5) is 0 Å². The second-order valence-corrected chi connectivity index (χ2v) is 10.4. The first-order valence-electron chi connectivity index (χ1n) is 10.9. The first-order valence-corrected chi connectivity index (χ1v) is 12.8. The van der Waals surface area contributed by atoms with Gasteiger partial charge in [0.1, 0.15) is 17.1 Å². The molecule has 31 heavy (non-hydrogen) atoms. The van der Waals surface area contributed by atoms with Crippen molar-refractivity contribution in [2.24, 2.45) is 0 Å². The number of benzene rings is 2. The van der Waals surface area contributed by atoms with E-state index in [0.717, 1.165) is 23.1 Å².